The van der Waals surface area contributed by atoms with E-state index < -0.39 is 0 Å². The van der Waals surface area contributed by atoms with Crippen LogP contribution in [0.3, 0.4) is 0 Å². The minimum Gasteiger partial charge on any atom is -0.317 e. The van der Waals surface area contributed by atoms with Crippen molar-refractivity contribution < 1.29 is 9.59 Å². The molecule has 104 valence electrons. The number of hydrogen-bond acceptors (Lipinski definition) is 3. The summed E-state index contributed by atoms with van der Waals surface area (Å²) in [5.41, 5.74) is 1.80. The molecule has 2 aromatic rings. The maximum absolute atomic E-state index is 12.6. The number of carbonyl (C=O) groups is 2. The molecule has 1 amide bonds. The lowest BCUT2D eigenvalue weighted by Gasteiger charge is -2.07. The van der Waals surface area contributed by atoms with E-state index in [0.29, 0.717) is 27.6 Å². The monoisotopic (exact) mass is 307 g/mol. The van der Waals surface area contributed by atoms with Crippen LogP contribution < -0.4 is 5.32 Å². The first-order valence-electron chi connectivity index (χ1n) is 6.21. The van der Waals surface area contributed by atoms with Crippen molar-refractivity contribution in [1.29, 1.82) is 0 Å². The van der Waals surface area contributed by atoms with Crippen LogP contribution >= 0.6 is 22.9 Å². The van der Waals surface area contributed by atoms with Crippen LogP contribution in [-0.2, 0) is 4.79 Å². The summed E-state index contributed by atoms with van der Waals surface area (Å²) < 4.78 is 0. The van der Waals surface area contributed by atoms with Gasteiger partial charge >= 0.3 is 0 Å². The van der Waals surface area contributed by atoms with Gasteiger partial charge in [-0.15, -0.1) is 11.3 Å². The molecule has 0 unspecified atom stereocenters. The molecule has 2 rings (SSSR count). The largest absolute Gasteiger partial charge is 0.317 e. The zero-order chi connectivity index (χ0) is 14.7. The number of aryl methyl sites for hydroxylation is 1. The Hall–Kier alpha value is -1.65. The number of rotatable bonds is 4. The van der Waals surface area contributed by atoms with Crippen molar-refractivity contribution in [2.24, 2.45) is 0 Å². The van der Waals surface area contributed by atoms with E-state index in [1.807, 2.05) is 12.3 Å². The average molecular weight is 308 g/mol. The third-order valence-corrected chi connectivity index (χ3v) is 4.24. The molecule has 1 heterocycles. The summed E-state index contributed by atoms with van der Waals surface area (Å²) in [7, 11) is 0. The summed E-state index contributed by atoms with van der Waals surface area (Å²) in [6, 6.07) is 6.92. The van der Waals surface area contributed by atoms with E-state index in [9.17, 15) is 9.59 Å². The van der Waals surface area contributed by atoms with Crippen LogP contribution in [-0.4, -0.2) is 11.7 Å². The van der Waals surface area contributed by atoms with Gasteiger partial charge in [0.15, 0.2) is 5.78 Å². The molecular formula is C15H14ClNO2S. The molecule has 0 aliphatic carbocycles. The molecule has 0 saturated carbocycles. The second-order valence-corrected chi connectivity index (χ2v) is 5.62. The summed E-state index contributed by atoms with van der Waals surface area (Å²) in [4.78, 5) is 24.1. The SMILES string of the molecule is CCC(=O)Nc1scc(C)c1C(=O)c1ccccc1Cl. The van der Waals surface area contributed by atoms with Gasteiger partial charge in [0.1, 0.15) is 5.00 Å². The highest BCUT2D eigenvalue weighted by molar-refractivity contribution is 7.15. The molecule has 1 aromatic heterocycles. The topological polar surface area (TPSA) is 46.2 Å². The molecule has 0 saturated heterocycles. The molecule has 0 radical (unpaired) electrons. The lowest BCUT2D eigenvalue weighted by Crippen LogP contribution is -2.12. The fraction of sp³-hybridized carbons (Fsp3) is 0.200. The van der Waals surface area contributed by atoms with Crippen molar-refractivity contribution in [2.45, 2.75) is 20.3 Å². The van der Waals surface area contributed by atoms with E-state index in [-0.39, 0.29) is 11.7 Å². The highest BCUT2D eigenvalue weighted by atomic mass is 35.5. The lowest BCUT2D eigenvalue weighted by molar-refractivity contribution is -0.115. The van der Waals surface area contributed by atoms with E-state index in [1.165, 1.54) is 11.3 Å². The Morgan fingerprint density at radius 2 is 2.00 bits per heavy atom. The van der Waals surface area contributed by atoms with Crippen LogP contribution in [0, 0.1) is 6.92 Å². The Labute approximate surface area is 126 Å². The maximum atomic E-state index is 12.6. The molecule has 1 aromatic carbocycles. The van der Waals surface area contributed by atoms with Crippen molar-refractivity contribution in [3.05, 3.63) is 51.4 Å². The molecule has 0 aliphatic rings. The first-order chi connectivity index (χ1) is 9.54. The maximum Gasteiger partial charge on any atom is 0.224 e. The molecule has 0 atom stereocenters. The zero-order valence-electron chi connectivity index (χ0n) is 11.2. The predicted molar refractivity (Wildman–Crippen MR) is 82.9 cm³/mol. The van der Waals surface area contributed by atoms with Gasteiger partial charge in [0, 0.05) is 12.0 Å². The highest BCUT2D eigenvalue weighted by Crippen LogP contribution is 2.31. The lowest BCUT2D eigenvalue weighted by atomic mass is 10.0. The summed E-state index contributed by atoms with van der Waals surface area (Å²) in [5.74, 6) is -0.277. The van der Waals surface area contributed by atoms with Gasteiger partial charge in [0.25, 0.3) is 0 Å². The van der Waals surface area contributed by atoms with Gasteiger partial charge in [-0.2, -0.15) is 0 Å². The number of carbonyl (C=O) groups excluding carboxylic acids is 2. The number of ketones is 1. The predicted octanol–water partition coefficient (Wildman–Crippen LogP) is 4.29. The number of nitrogens with one attached hydrogen (secondary N) is 1. The Kier molecular flexibility index (Phi) is 4.57. The number of halogens is 1. The van der Waals surface area contributed by atoms with Crippen molar-refractivity contribution in [2.75, 3.05) is 5.32 Å². The summed E-state index contributed by atoms with van der Waals surface area (Å²) in [6.45, 7) is 3.62. The van der Waals surface area contributed by atoms with Gasteiger partial charge in [0.05, 0.1) is 10.6 Å². The van der Waals surface area contributed by atoms with E-state index in [2.05, 4.69) is 5.32 Å². The Bertz CT molecular complexity index is 664. The van der Waals surface area contributed by atoms with Gasteiger partial charge < -0.3 is 5.32 Å². The molecule has 1 N–H and O–H groups in total. The van der Waals surface area contributed by atoms with E-state index >= 15 is 0 Å². The molecule has 5 heteroatoms. The number of benzene rings is 1. The van der Waals surface area contributed by atoms with Crippen molar-refractivity contribution in [1.82, 2.24) is 0 Å². The molecule has 0 fully saturated rings. The first-order valence-corrected chi connectivity index (χ1v) is 7.47. The molecule has 0 spiro atoms. The minimum atomic E-state index is -0.166. The standard InChI is InChI=1S/C15H14ClNO2S/c1-3-12(18)17-15-13(9(2)8-20-15)14(19)10-6-4-5-7-11(10)16/h4-8H,3H2,1-2H3,(H,17,18). The number of hydrogen-bond donors (Lipinski definition) is 1. The molecule has 0 bridgehead atoms. The fourth-order valence-electron chi connectivity index (χ4n) is 1.81. The van der Waals surface area contributed by atoms with Gasteiger partial charge in [0.2, 0.25) is 5.91 Å². The van der Waals surface area contributed by atoms with Crippen molar-refractivity contribution in [3.63, 3.8) is 0 Å². The van der Waals surface area contributed by atoms with E-state index in [1.54, 1.807) is 31.2 Å². The second kappa shape index (κ2) is 6.20. The first kappa shape index (κ1) is 14.8. The fourth-order valence-corrected chi connectivity index (χ4v) is 2.99. The van der Waals surface area contributed by atoms with Crippen LogP contribution in [0.15, 0.2) is 29.6 Å². The van der Waals surface area contributed by atoms with Gasteiger partial charge in [-0.1, -0.05) is 30.7 Å². The summed E-state index contributed by atoms with van der Waals surface area (Å²) >= 11 is 7.42. The second-order valence-electron chi connectivity index (χ2n) is 4.33. The highest BCUT2D eigenvalue weighted by Gasteiger charge is 2.21. The smallest absolute Gasteiger partial charge is 0.224 e. The van der Waals surface area contributed by atoms with Crippen molar-refractivity contribution in [3.8, 4) is 0 Å². The van der Waals surface area contributed by atoms with Crippen LogP contribution in [0.2, 0.25) is 5.02 Å². The number of thiophene rings is 1. The molecular weight excluding hydrogens is 294 g/mol. The molecule has 3 nitrogen and oxygen atoms in total. The van der Waals surface area contributed by atoms with Crippen LogP contribution in [0.1, 0.15) is 34.8 Å². The Morgan fingerprint density at radius 1 is 1.30 bits per heavy atom. The Morgan fingerprint density at radius 3 is 2.65 bits per heavy atom. The average Bonchev–Trinajstić information content (AvgIpc) is 2.79. The zero-order valence-corrected chi connectivity index (χ0v) is 12.8. The van der Waals surface area contributed by atoms with Gasteiger partial charge in [-0.3, -0.25) is 9.59 Å². The van der Waals surface area contributed by atoms with Gasteiger partial charge in [-0.25, -0.2) is 0 Å². The number of anilines is 1. The summed E-state index contributed by atoms with van der Waals surface area (Å²) in [6.07, 6.45) is 0.372. The quantitative estimate of drug-likeness (QED) is 0.856. The molecule has 20 heavy (non-hydrogen) atoms. The molecule has 0 aliphatic heterocycles. The Balaban J connectivity index is 2.42. The van der Waals surface area contributed by atoms with Crippen LogP contribution in [0.4, 0.5) is 5.00 Å². The number of amides is 1. The van der Waals surface area contributed by atoms with Gasteiger partial charge in [-0.05, 0) is 30.0 Å². The summed E-state index contributed by atoms with van der Waals surface area (Å²) in [5, 5.41) is 5.62. The van der Waals surface area contributed by atoms with Crippen molar-refractivity contribution >= 4 is 39.6 Å². The minimum absolute atomic E-state index is 0.111. The third kappa shape index (κ3) is 2.92. The third-order valence-electron chi connectivity index (χ3n) is 2.89. The van der Waals surface area contributed by atoms with E-state index in [4.69, 9.17) is 11.6 Å². The normalized spacial score (nSPS) is 10.3. The van der Waals surface area contributed by atoms with E-state index in [0.717, 1.165) is 5.56 Å². The van der Waals surface area contributed by atoms with Crippen LogP contribution in [0.5, 0.6) is 0 Å². The van der Waals surface area contributed by atoms with Crippen LogP contribution in [0.25, 0.3) is 0 Å².